The summed E-state index contributed by atoms with van der Waals surface area (Å²) in [7, 11) is 0. The molecule has 3 atom stereocenters. The smallest absolute Gasteiger partial charge is 0.223 e. The Morgan fingerprint density at radius 3 is 2.73 bits per heavy atom. The number of hydrogen-bond donors (Lipinski definition) is 0. The highest BCUT2D eigenvalue weighted by Gasteiger charge is 2.37. The number of piperidine rings is 1. The van der Waals surface area contributed by atoms with Crippen molar-refractivity contribution in [2.75, 3.05) is 6.54 Å². The Balaban J connectivity index is 1.39. The molecule has 3 heterocycles. The van der Waals surface area contributed by atoms with Gasteiger partial charge in [-0.25, -0.2) is 0 Å². The van der Waals surface area contributed by atoms with Crippen LogP contribution in [-0.2, 0) is 4.79 Å². The largest absolute Gasteiger partial charge is 0.339 e. The molecule has 3 heteroatoms. The van der Waals surface area contributed by atoms with Gasteiger partial charge in [0.05, 0.1) is 5.52 Å². The first kappa shape index (κ1) is 16.4. The lowest BCUT2D eigenvalue weighted by molar-refractivity contribution is -0.138. The molecule has 26 heavy (non-hydrogen) atoms. The minimum atomic E-state index is 0.317. The second kappa shape index (κ2) is 6.14. The summed E-state index contributed by atoms with van der Waals surface area (Å²) >= 11 is 0. The highest BCUT2D eigenvalue weighted by Crippen LogP contribution is 2.42. The summed E-state index contributed by atoms with van der Waals surface area (Å²) in [6.07, 6.45) is 10.7. The topological polar surface area (TPSA) is 25.2 Å². The van der Waals surface area contributed by atoms with Gasteiger partial charge in [0, 0.05) is 36.3 Å². The molecule has 5 rings (SSSR count). The summed E-state index contributed by atoms with van der Waals surface area (Å²) in [4.78, 5) is 15.6. The van der Waals surface area contributed by atoms with Crippen LogP contribution >= 0.6 is 0 Å². The number of aromatic nitrogens is 1. The molecule has 1 saturated heterocycles. The van der Waals surface area contributed by atoms with Crippen molar-refractivity contribution in [3.05, 3.63) is 30.0 Å². The first-order chi connectivity index (χ1) is 12.6. The van der Waals surface area contributed by atoms with E-state index in [9.17, 15) is 4.79 Å². The normalized spacial score (nSPS) is 25.4. The Bertz CT molecular complexity index is 847. The molecule has 2 aliphatic heterocycles. The Morgan fingerprint density at radius 1 is 1.15 bits per heavy atom. The molecule has 0 spiro atoms. The van der Waals surface area contributed by atoms with Gasteiger partial charge in [-0.1, -0.05) is 32.8 Å². The molecule has 3 nitrogen and oxygen atoms in total. The lowest BCUT2D eigenvalue weighted by Crippen LogP contribution is -2.50. The molecular formula is C23H30N2O. The molecular weight excluding hydrogens is 320 g/mol. The van der Waals surface area contributed by atoms with Crippen LogP contribution in [0.15, 0.2) is 24.4 Å². The SMILES string of the molecule is CC(C)C(CC(=O)N1CCCC2CCCCC21)c1cn2c3cc-2ccc13. The highest BCUT2D eigenvalue weighted by molar-refractivity contribution is 5.93. The number of rotatable bonds is 4. The van der Waals surface area contributed by atoms with Gasteiger partial charge in [0.25, 0.3) is 0 Å². The van der Waals surface area contributed by atoms with Gasteiger partial charge in [-0.2, -0.15) is 0 Å². The van der Waals surface area contributed by atoms with Crippen LogP contribution in [0, 0.1) is 11.8 Å². The van der Waals surface area contributed by atoms with Gasteiger partial charge in [0.2, 0.25) is 5.91 Å². The quantitative estimate of drug-likeness (QED) is 0.630. The molecule has 1 saturated carbocycles. The fourth-order valence-electron chi connectivity index (χ4n) is 5.78. The zero-order valence-corrected chi connectivity index (χ0v) is 16.1. The molecule has 1 amide bonds. The monoisotopic (exact) mass is 350 g/mol. The number of hydrogen-bond acceptors (Lipinski definition) is 1. The summed E-state index contributed by atoms with van der Waals surface area (Å²) < 4.78 is 2.29. The third kappa shape index (κ3) is 2.43. The van der Waals surface area contributed by atoms with Gasteiger partial charge in [-0.3, -0.25) is 4.79 Å². The fraction of sp³-hybridized carbons (Fsp3) is 0.609. The van der Waals surface area contributed by atoms with Crippen LogP contribution in [-0.4, -0.2) is 28.0 Å². The van der Waals surface area contributed by atoms with Crippen molar-refractivity contribution >= 4 is 16.8 Å². The van der Waals surface area contributed by atoms with Gasteiger partial charge in [0.1, 0.15) is 0 Å². The van der Waals surface area contributed by atoms with Crippen LogP contribution in [0.25, 0.3) is 16.6 Å². The number of fused-ring (bicyclic) bond motifs is 3. The average Bonchev–Trinajstić information content (AvgIpc) is 2.84. The zero-order valence-electron chi connectivity index (χ0n) is 16.1. The van der Waals surface area contributed by atoms with Gasteiger partial charge in [0.15, 0.2) is 0 Å². The minimum Gasteiger partial charge on any atom is -0.339 e. The lowest BCUT2D eigenvalue weighted by atomic mass is 9.77. The molecule has 2 aromatic rings. The van der Waals surface area contributed by atoms with Crippen LogP contribution in [0.1, 0.15) is 70.3 Å². The van der Waals surface area contributed by atoms with Gasteiger partial charge < -0.3 is 9.47 Å². The molecule has 1 aromatic heterocycles. The van der Waals surface area contributed by atoms with E-state index in [2.05, 4.69) is 47.7 Å². The van der Waals surface area contributed by atoms with Crippen molar-refractivity contribution in [1.82, 2.24) is 9.47 Å². The van der Waals surface area contributed by atoms with Crippen molar-refractivity contribution in [3.63, 3.8) is 0 Å². The number of nitrogens with zero attached hydrogens (tertiary/aromatic N) is 2. The van der Waals surface area contributed by atoms with Crippen molar-refractivity contribution in [2.45, 2.75) is 70.8 Å². The maximum absolute atomic E-state index is 13.3. The molecule has 3 aliphatic rings. The Hall–Kier alpha value is -1.77. The maximum Gasteiger partial charge on any atom is 0.223 e. The van der Waals surface area contributed by atoms with Gasteiger partial charge in [-0.05, 0) is 61.1 Å². The van der Waals surface area contributed by atoms with E-state index in [0.29, 0.717) is 30.2 Å². The summed E-state index contributed by atoms with van der Waals surface area (Å²) in [5.74, 6) is 1.95. The van der Waals surface area contributed by atoms with E-state index >= 15 is 0 Å². The summed E-state index contributed by atoms with van der Waals surface area (Å²) in [5.41, 5.74) is 4.00. The number of pyridine rings is 1. The van der Waals surface area contributed by atoms with Crippen molar-refractivity contribution in [1.29, 1.82) is 0 Å². The molecule has 0 radical (unpaired) electrons. The predicted molar refractivity (Wildman–Crippen MR) is 106 cm³/mol. The van der Waals surface area contributed by atoms with E-state index in [1.165, 1.54) is 60.7 Å². The molecule has 138 valence electrons. The van der Waals surface area contributed by atoms with E-state index < -0.39 is 0 Å². The average molecular weight is 351 g/mol. The van der Waals surface area contributed by atoms with E-state index in [1.54, 1.807) is 0 Å². The van der Waals surface area contributed by atoms with Crippen LogP contribution in [0.3, 0.4) is 0 Å². The third-order valence-corrected chi connectivity index (χ3v) is 7.26. The van der Waals surface area contributed by atoms with Crippen LogP contribution < -0.4 is 0 Å². The van der Waals surface area contributed by atoms with E-state index in [1.807, 2.05) is 0 Å². The first-order valence-electron chi connectivity index (χ1n) is 10.6. The Labute approximate surface area is 156 Å². The number of likely N-dealkylation sites (tertiary alicyclic amines) is 1. The Kier molecular flexibility index (Phi) is 3.88. The second-order valence-electron chi connectivity index (χ2n) is 9.05. The number of carbonyl (C=O) groups excluding carboxylic acids is 1. The molecule has 2 fully saturated rings. The van der Waals surface area contributed by atoms with Crippen molar-refractivity contribution < 1.29 is 4.79 Å². The fourth-order valence-corrected chi connectivity index (χ4v) is 5.78. The van der Waals surface area contributed by atoms with Crippen molar-refractivity contribution in [2.24, 2.45) is 11.8 Å². The summed E-state index contributed by atoms with van der Waals surface area (Å²) in [5, 5.41) is 1.35. The number of amides is 1. The number of benzene rings is 1. The lowest BCUT2D eigenvalue weighted by Gasteiger charge is -2.44. The molecule has 1 aliphatic carbocycles. The first-order valence-corrected chi connectivity index (χ1v) is 10.6. The highest BCUT2D eigenvalue weighted by atomic mass is 16.2. The van der Waals surface area contributed by atoms with Gasteiger partial charge in [-0.15, -0.1) is 0 Å². The zero-order chi connectivity index (χ0) is 17.8. The predicted octanol–water partition coefficient (Wildman–Crippen LogP) is 5.25. The molecule has 3 unspecified atom stereocenters. The van der Waals surface area contributed by atoms with Crippen molar-refractivity contribution in [3.8, 4) is 5.69 Å². The van der Waals surface area contributed by atoms with Crippen LogP contribution in [0.5, 0.6) is 0 Å². The Morgan fingerprint density at radius 2 is 1.96 bits per heavy atom. The number of carbonyl (C=O) groups is 1. The van der Waals surface area contributed by atoms with E-state index in [-0.39, 0.29) is 0 Å². The van der Waals surface area contributed by atoms with Gasteiger partial charge >= 0.3 is 0 Å². The molecule has 2 bridgehead atoms. The van der Waals surface area contributed by atoms with Crippen LogP contribution in [0.2, 0.25) is 0 Å². The summed E-state index contributed by atoms with van der Waals surface area (Å²) in [6, 6.07) is 7.23. The maximum atomic E-state index is 13.3. The van der Waals surface area contributed by atoms with E-state index in [4.69, 9.17) is 0 Å². The van der Waals surface area contributed by atoms with E-state index in [0.717, 1.165) is 12.5 Å². The summed E-state index contributed by atoms with van der Waals surface area (Å²) in [6.45, 7) is 5.52. The standard InChI is InChI=1S/C23H30N2O/c1-15(2)19(20-14-25-17-9-10-18(20)22(25)12-17)13-23(26)24-11-5-7-16-6-3-4-8-21(16)24/h9-10,12,14-16,19,21H,3-8,11,13H2,1-2H3. The van der Waals surface area contributed by atoms with Crippen LogP contribution in [0.4, 0.5) is 0 Å². The molecule has 0 N–H and O–H groups in total. The minimum absolute atomic E-state index is 0.317. The second-order valence-corrected chi connectivity index (χ2v) is 9.05. The third-order valence-electron chi connectivity index (χ3n) is 7.26. The molecule has 1 aromatic carbocycles.